The van der Waals surface area contributed by atoms with Gasteiger partial charge in [0, 0.05) is 18.9 Å². The lowest BCUT2D eigenvalue weighted by Crippen LogP contribution is -2.26. The van der Waals surface area contributed by atoms with Gasteiger partial charge in [0.25, 0.3) is 0 Å². The first-order chi connectivity index (χ1) is 10.1. The van der Waals surface area contributed by atoms with Gasteiger partial charge in [0.1, 0.15) is 0 Å². The summed E-state index contributed by atoms with van der Waals surface area (Å²) in [6.07, 6.45) is 6.23. The average Bonchev–Trinajstić information content (AvgIpc) is 2.85. The average molecular weight is 308 g/mol. The van der Waals surface area contributed by atoms with Gasteiger partial charge in [0.15, 0.2) is 0 Å². The zero-order chi connectivity index (χ0) is 15.2. The number of aromatic nitrogens is 3. The maximum absolute atomic E-state index is 6.35. The molecule has 2 heterocycles. The standard InChI is InChI=1S/C15H22ClN5/c1-17-14(9-12-5-4-6-18-10-12)15-13(16)11-19-21(15)8-7-20(2)3/h4-6,10-11,14,17H,7-9H2,1-3H3. The third-order valence-corrected chi connectivity index (χ3v) is 3.72. The van der Waals surface area contributed by atoms with Crippen molar-refractivity contribution in [3.8, 4) is 0 Å². The summed E-state index contributed by atoms with van der Waals surface area (Å²) in [7, 11) is 6.05. The topological polar surface area (TPSA) is 46.0 Å². The molecule has 0 saturated heterocycles. The van der Waals surface area contributed by atoms with E-state index in [1.54, 1.807) is 12.4 Å². The number of hydrogen-bond acceptors (Lipinski definition) is 4. The Morgan fingerprint density at radius 2 is 2.19 bits per heavy atom. The fraction of sp³-hybridized carbons (Fsp3) is 0.467. The molecule has 0 fully saturated rings. The van der Waals surface area contributed by atoms with E-state index in [1.165, 1.54) is 5.56 Å². The maximum Gasteiger partial charge on any atom is 0.0834 e. The minimum Gasteiger partial charge on any atom is -0.311 e. The molecule has 0 aromatic carbocycles. The van der Waals surface area contributed by atoms with E-state index in [0.29, 0.717) is 5.02 Å². The number of likely N-dealkylation sites (N-methyl/N-ethyl adjacent to an activating group) is 2. The van der Waals surface area contributed by atoms with Crippen LogP contribution >= 0.6 is 11.6 Å². The molecular weight excluding hydrogens is 286 g/mol. The van der Waals surface area contributed by atoms with Crippen molar-refractivity contribution in [1.29, 1.82) is 0 Å². The minimum absolute atomic E-state index is 0.117. The lowest BCUT2D eigenvalue weighted by atomic mass is 10.0. The lowest BCUT2D eigenvalue weighted by molar-refractivity contribution is 0.363. The van der Waals surface area contributed by atoms with Crippen molar-refractivity contribution in [2.75, 3.05) is 27.7 Å². The highest BCUT2D eigenvalue weighted by atomic mass is 35.5. The normalized spacial score (nSPS) is 12.8. The molecule has 6 heteroatoms. The summed E-state index contributed by atoms with van der Waals surface area (Å²) in [6.45, 7) is 1.74. The monoisotopic (exact) mass is 307 g/mol. The van der Waals surface area contributed by atoms with Gasteiger partial charge >= 0.3 is 0 Å². The summed E-state index contributed by atoms with van der Waals surface area (Å²) >= 11 is 6.35. The highest BCUT2D eigenvalue weighted by Crippen LogP contribution is 2.25. The van der Waals surface area contributed by atoms with Crippen LogP contribution in [-0.4, -0.2) is 47.4 Å². The van der Waals surface area contributed by atoms with E-state index in [-0.39, 0.29) is 6.04 Å². The Labute approximate surface area is 130 Å². The molecule has 114 valence electrons. The van der Waals surface area contributed by atoms with Gasteiger partial charge in [-0.1, -0.05) is 17.7 Å². The van der Waals surface area contributed by atoms with Gasteiger partial charge in [0.05, 0.1) is 29.5 Å². The molecule has 0 amide bonds. The Morgan fingerprint density at radius 1 is 1.38 bits per heavy atom. The quantitative estimate of drug-likeness (QED) is 0.850. The van der Waals surface area contributed by atoms with E-state index in [2.05, 4.69) is 40.5 Å². The van der Waals surface area contributed by atoms with Gasteiger partial charge in [-0.3, -0.25) is 9.67 Å². The fourth-order valence-corrected chi connectivity index (χ4v) is 2.55. The van der Waals surface area contributed by atoms with Crippen LogP contribution in [0.3, 0.4) is 0 Å². The first-order valence-corrected chi connectivity index (χ1v) is 7.41. The third kappa shape index (κ3) is 4.27. The molecule has 1 atom stereocenters. The second kappa shape index (κ2) is 7.54. The molecule has 2 aromatic heterocycles. The number of nitrogens with zero attached hydrogens (tertiary/aromatic N) is 4. The van der Waals surface area contributed by atoms with Crippen molar-refractivity contribution >= 4 is 11.6 Å². The fourth-order valence-electron chi connectivity index (χ4n) is 2.28. The van der Waals surface area contributed by atoms with Crippen LogP contribution in [0.5, 0.6) is 0 Å². The Kier molecular flexibility index (Phi) is 5.73. The molecule has 21 heavy (non-hydrogen) atoms. The van der Waals surface area contributed by atoms with E-state index < -0.39 is 0 Å². The number of pyridine rings is 1. The summed E-state index contributed by atoms with van der Waals surface area (Å²) in [5, 5.41) is 8.44. The summed E-state index contributed by atoms with van der Waals surface area (Å²) in [6, 6.07) is 4.14. The van der Waals surface area contributed by atoms with Crippen LogP contribution in [0, 0.1) is 0 Å². The second-order valence-corrected chi connectivity index (χ2v) is 5.72. The molecule has 0 bridgehead atoms. The van der Waals surface area contributed by atoms with Crippen molar-refractivity contribution in [3.05, 3.63) is 47.0 Å². The summed E-state index contributed by atoms with van der Waals surface area (Å²) in [5.74, 6) is 0. The predicted octanol–water partition coefficient (Wildman–Crippen LogP) is 2.00. The van der Waals surface area contributed by atoms with Crippen molar-refractivity contribution in [3.63, 3.8) is 0 Å². The van der Waals surface area contributed by atoms with E-state index in [0.717, 1.165) is 25.2 Å². The number of rotatable bonds is 7. The molecule has 0 spiro atoms. The predicted molar refractivity (Wildman–Crippen MR) is 85.5 cm³/mol. The number of nitrogens with one attached hydrogen (secondary N) is 1. The van der Waals surface area contributed by atoms with E-state index in [1.807, 2.05) is 24.0 Å². The molecule has 5 nitrogen and oxygen atoms in total. The smallest absolute Gasteiger partial charge is 0.0834 e. The molecule has 0 aliphatic rings. The molecular formula is C15H22ClN5. The van der Waals surface area contributed by atoms with Crippen LogP contribution in [0.4, 0.5) is 0 Å². The SMILES string of the molecule is CNC(Cc1cccnc1)c1c(Cl)cnn1CCN(C)C. The van der Waals surface area contributed by atoms with Gasteiger partial charge in [-0.15, -0.1) is 0 Å². The molecule has 2 rings (SSSR count). The zero-order valence-corrected chi connectivity index (χ0v) is 13.5. The molecule has 0 aliphatic heterocycles. The van der Waals surface area contributed by atoms with E-state index in [4.69, 9.17) is 11.6 Å². The van der Waals surface area contributed by atoms with Gasteiger partial charge in [0.2, 0.25) is 0 Å². The lowest BCUT2D eigenvalue weighted by Gasteiger charge is -2.19. The molecule has 0 aliphatic carbocycles. The van der Waals surface area contributed by atoms with Crippen LogP contribution in [0.1, 0.15) is 17.3 Å². The van der Waals surface area contributed by atoms with Crippen molar-refractivity contribution in [2.24, 2.45) is 0 Å². The molecule has 2 aromatic rings. The Morgan fingerprint density at radius 3 is 2.81 bits per heavy atom. The van der Waals surface area contributed by atoms with Gasteiger partial charge < -0.3 is 10.2 Å². The van der Waals surface area contributed by atoms with Crippen molar-refractivity contribution in [2.45, 2.75) is 19.0 Å². The van der Waals surface area contributed by atoms with Crippen molar-refractivity contribution in [1.82, 2.24) is 25.0 Å². The van der Waals surface area contributed by atoms with Crippen molar-refractivity contribution < 1.29 is 0 Å². The number of hydrogen-bond donors (Lipinski definition) is 1. The number of halogens is 1. The van der Waals surface area contributed by atoms with E-state index >= 15 is 0 Å². The zero-order valence-electron chi connectivity index (χ0n) is 12.8. The van der Waals surface area contributed by atoms with Gasteiger partial charge in [-0.25, -0.2) is 0 Å². The van der Waals surface area contributed by atoms with Crippen LogP contribution in [-0.2, 0) is 13.0 Å². The third-order valence-electron chi connectivity index (χ3n) is 3.43. The Bertz CT molecular complexity index is 552. The Balaban J connectivity index is 2.19. The first-order valence-electron chi connectivity index (χ1n) is 7.04. The molecule has 0 saturated carbocycles. The van der Waals surface area contributed by atoms with Gasteiger partial charge in [-0.2, -0.15) is 5.10 Å². The highest BCUT2D eigenvalue weighted by molar-refractivity contribution is 6.31. The summed E-state index contributed by atoms with van der Waals surface area (Å²) < 4.78 is 1.99. The van der Waals surface area contributed by atoms with Crippen LogP contribution in [0.2, 0.25) is 5.02 Å². The van der Waals surface area contributed by atoms with Crippen LogP contribution < -0.4 is 5.32 Å². The molecule has 0 radical (unpaired) electrons. The highest BCUT2D eigenvalue weighted by Gasteiger charge is 2.19. The largest absolute Gasteiger partial charge is 0.311 e. The summed E-state index contributed by atoms with van der Waals surface area (Å²) in [4.78, 5) is 6.30. The van der Waals surface area contributed by atoms with E-state index in [9.17, 15) is 0 Å². The summed E-state index contributed by atoms with van der Waals surface area (Å²) in [5.41, 5.74) is 2.21. The van der Waals surface area contributed by atoms with Crippen LogP contribution in [0.15, 0.2) is 30.7 Å². The Hall–Kier alpha value is -1.43. The van der Waals surface area contributed by atoms with Gasteiger partial charge in [-0.05, 0) is 39.2 Å². The van der Waals surface area contributed by atoms with Crippen LogP contribution in [0.25, 0.3) is 0 Å². The second-order valence-electron chi connectivity index (χ2n) is 5.31. The molecule has 1 N–H and O–H groups in total. The minimum atomic E-state index is 0.117. The molecule has 1 unspecified atom stereocenters. The maximum atomic E-state index is 6.35. The first kappa shape index (κ1) is 15.9.